The Morgan fingerprint density at radius 2 is 1.84 bits per heavy atom. The second-order valence-corrected chi connectivity index (χ2v) is 11.7. The molecule has 0 spiro atoms. The first-order valence-electron chi connectivity index (χ1n) is 11.7. The maximum Gasteiger partial charge on any atom is 0.316 e. The van der Waals surface area contributed by atoms with E-state index in [0.717, 1.165) is 0 Å². The highest BCUT2D eigenvalue weighted by Gasteiger charge is 2.31. The van der Waals surface area contributed by atoms with Gasteiger partial charge >= 0.3 is 5.56 Å². The maximum absolute atomic E-state index is 13.9. The van der Waals surface area contributed by atoms with Crippen LogP contribution in [0.1, 0.15) is 19.4 Å². The van der Waals surface area contributed by atoms with Gasteiger partial charge in [-0.05, 0) is 49.7 Å². The molecule has 1 saturated heterocycles. The minimum Gasteiger partial charge on any atom is -0.494 e. The summed E-state index contributed by atoms with van der Waals surface area (Å²) >= 11 is 6.12. The molecule has 0 N–H and O–H groups in total. The molecule has 1 aliphatic rings. The molecule has 4 rings (SSSR count). The predicted octanol–water partition coefficient (Wildman–Crippen LogP) is 3.47. The lowest BCUT2D eigenvalue weighted by Gasteiger charge is -2.36. The summed E-state index contributed by atoms with van der Waals surface area (Å²) in [5, 5.41) is 4.26. The summed E-state index contributed by atoms with van der Waals surface area (Å²) in [5.41, 5.74) is 0.998. The zero-order chi connectivity index (χ0) is 26.7. The number of anilines is 1. The van der Waals surface area contributed by atoms with E-state index in [-0.39, 0.29) is 31.2 Å². The molecule has 0 atom stereocenters. The van der Waals surface area contributed by atoms with Crippen molar-refractivity contribution >= 4 is 27.3 Å². The van der Waals surface area contributed by atoms with Gasteiger partial charge in [0.05, 0.1) is 24.2 Å². The normalized spacial score (nSPS) is 14.7. The fourth-order valence-electron chi connectivity index (χ4n) is 4.01. The highest BCUT2D eigenvalue weighted by atomic mass is 35.5. The van der Waals surface area contributed by atoms with Gasteiger partial charge in [0.15, 0.2) is 11.6 Å². The Labute approximate surface area is 220 Å². The quantitative estimate of drug-likeness (QED) is 0.424. The molecular weight excluding hydrogens is 523 g/mol. The lowest BCUT2D eigenvalue weighted by atomic mass is 10.2. The smallest absolute Gasteiger partial charge is 0.316 e. The third kappa shape index (κ3) is 5.73. The standard InChI is InChI=1S/C25H28ClFN4O5S/c1-17(2)37(33,34)30-11-9-29(10-12-30)22-15-28-31(20-6-4-5-19(26)14-20)25(32)24(22)36-16-18-7-8-21(27)23(13-18)35-3/h4-8,13-15,17H,9-12,16H2,1-3H3. The van der Waals surface area contributed by atoms with Crippen molar-refractivity contribution in [3.8, 4) is 17.2 Å². The van der Waals surface area contributed by atoms with Gasteiger partial charge in [0, 0.05) is 31.2 Å². The molecule has 37 heavy (non-hydrogen) atoms. The van der Waals surface area contributed by atoms with E-state index in [1.165, 1.54) is 34.4 Å². The Bertz CT molecular complexity index is 1440. The van der Waals surface area contributed by atoms with Gasteiger partial charge in [0.2, 0.25) is 15.8 Å². The van der Waals surface area contributed by atoms with Crippen molar-refractivity contribution in [1.29, 1.82) is 0 Å². The number of sulfonamides is 1. The number of methoxy groups -OCH3 is 1. The molecule has 0 bridgehead atoms. The molecule has 12 heteroatoms. The van der Waals surface area contributed by atoms with Crippen LogP contribution in [-0.2, 0) is 16.6 Å². The molecule has 0 aliphatic carbocycles. The van der Waals surface area contributed by atoms with Gasteiger partial charge < -0.3 is 14.4 Å². The summed E-state index contributed by atoms with van der Waals surface area (Å²) in [6.45, 7) is 4.53. The van der Waals surface area contributed by atoms with E-state index in [0.29, 0.717) is 35.1 Å². The van der Waals surface area contributed by atoms with E-state index in [4.69, 9.17) is 21.1 Å². The Kier molecular flexibility index (Phi) is 8.05. The lowest BCUT2D eigenvalue weighted by molar-refractivity contribution is 0.296. The summed E-state index contributed by atoms with van der Waals surface area (Å²) in [4.78, 5) is 15.4. The van der Waals surface area contributed by atoms with Crippen molar-refractivity contribution in [2.75, 3.05) is 38.2 Å². The number of hydrogen-bond donors (Lipinski definition) is 0. The van der Waals surface area contributed by atoms with Crippen LogP contribution in [0.15, 0.2) is 53.5 Å². The third-order valence-corrected chi connectivity index (χ3v) is 8.61. The average Bonchev–Trinajstić information content (AvgIpc) is 2.88. The minimum atomic E-state index is -3.39. The zero-order valence-electron chi connectivity index (χ0n) is 20.7. The van der Waals surface area contributed by atoms with E-state index >= 15 is 0 Å². The summed E-state index contributed by atoms with van der Waals surface area (Å²) < 4.78 is 52.7. The van der Waals surface area contributed by atoms with E-state index in [9.17, 15) is 17.6 Å². The van der Waals surface area contributed by atoms with Crippen molar-refractivity contribution < 1.29 is 22.3 Å². The van der Waals surface area contributed by atoms with Crippen LogP contribution < -0.4 is 19.9 Å². The summed E-state index contributed by atoms with van der Waals surface area (Å²) in [6, 6.07) is 11.0. The number of nitrogens with zero attached hydrogens (tertiary/aromatic N) is 4. The molecule has 1 fully saturated rings. The Morgan fingerprint density at radius 1 is 1.11 bits per heavy atom. The molecule has 198 valence electrons. The van der Waals surface area contributed by atoms with Gasteiger partial charge in [-0.25, -0.2) is 12.8 Å². The molecule has 3 aromatic rings. The number of aromatic nitrogens is 2. The van der Waals surface area contributed by atoms with Crippen molar-refractivity contribution in [1.82, 2.24) is 14.1 Å². The van der Waals surface area contributed by atoms with Crippen molar-refractivity contribution in [3.63, 3.8) is 0 Å². The minimum absolute atomic E-state index is 0.0276. The highest BCUT2D eigenvalue weighted by Crippen LogP contribution is 2.28. The van der Waals surface area contributed by atoms with E-state index in [1.807, 2.05) is 4.90 Å². The number of benzene rings is 2. The number of rotatable bonds is 8. The molecule has 0 unspecified atom stereocenters. The molecule has 1 aliphatic heterocycles. The molecule has 1 aromatic heterocycles. The van der Waals surface area contributed by atoms with Gasteiger partial charge in [0.25, 0.3) is 0 Å². The van der Waals surface area contributed by atoms with E-state index in [2.05, 4.69) is 5.10 Å². The fraction of sp³-hybridized carbons (Fsp3) is 0.360. The monoisotopic (exact) mass is 550 g/mol. The van der Waals surface area contributed by atoms with Gasteiger partial charge in [-0.3, -0.25) is 4.79 Å². The molecule has 0 radical (unpaired) electrons. The predicted molar refractivity (Wildman–Crippen MR) is 140 cm³/mol. The van der Waals surface area contributed by atoms with Crippen molar-refractivity contribution in [2.24, 2.45) is 0 Å². The molecular formula is C25H28ClFN4O5S. The second kappa shape index (κ2) is 11.1. The third-order valence-electron chi connectivity index (χ3n) is 6.10. The largest absolute Gasteiger partial charge is 0.494 e. The van der Waals surface area contributed by atoms with Crippen LogP contribution >= 0.6 is 11.6 Å². The van der Waals surface area contributed by atoms with Gasteiger partial charge in [-0.1, -0.05) is 23.7 Å². The van der Waals surface area contributed by atoms with Crippen LogP contribution in [0.3, 0.4) is 0 Å². The number of ether oxygens (including phenoxy) is 2. The maximum atomic E-state index is 13.9. The Balaban J connectivity index is 1.67. The SMILES string of the molecule is COc1cc(COc2c(N3CCN(S(=O)(=O)C(C)C)CC3)cnn(-c3cccc(Cl)c3)c2=O)ccc1F. The van der Waals surface area contributed by atoms with Crippen LogP contribution in [0.25, 0.3) is 5.69 Å². The van der Waals surface area contributed by atoms with Gasteiger partial charge in [-0.2, -0.15) is 14.1 Å². The van der Waals surface area contributed by atoms with Gasteiger partial charge in [-0.15, -0.1) is 0 Å². The number of hydrogen-bond acceptors (Lipinski definition) is 7. The topological polar surface area (TPSA) is 94.0 Å². The van der Waals surface area contributed by atoms with Crippen LogP contribution in [0.5, 0.6) is 11.5 Å². The van der Waals surface area contributed by atoms with Gasteiger partial charge in [0.1, 0.15) is 12.3 Å². The molecule has 9 nitrogen and oxygen atoms in total. The number of halogens is 2. The molecule has 2 heterocycles. The first-order chi connectivity index (χ1) is 17.6. The van der Waals surface area contributed by atoms with Crippen LogP contribution in [-0.4, -0.2) is 61.0 Å². The average molecular weight is 551 g/mol. The van der Waals surface area contributed by atoms with Crippen molar-refractivity contribution in [2.45, 2.75) is 25.7 Å². The Hall–Kier alpha value is -3.15. The Morgan fingerprint density at radius 3 is 2.49 bits per heavy atom. The van der Waals surface area contributed by atoms with Crippen LogP contribution in [0, 0.1) is 5.82 Å². The first-order valence-corrected chi connectivity index (χ1v) is 13.6. The van der Waals surface area contributed by atoms with Crippen LogP contribution in [0.2, 0.25) is 5.02 Å². The van der Waals surface area contributed by atoms with Crippen LogP contribution in [0.4, 0.5) is 10.1 Å². The van der Waals surface area contributed by atoms with Crippen molar-refractivity contribution in [3.05, 3.63) is 75.4 Å². The van der Waals surface area contributed by atoms with E-state index in [1.54, 1.807) is 44.2 Å². The van der Waals surface area contributed by atoms with E-state index < -0.39 is 26.6 Å². The first kappa shape index (κ1) is 26.9. The summed E-state index contributed by atoms with van der Waals surface area (Å²) in [5.74, 6) is -0.401. The summed E-state index contributed by atoms with van der Waals surface area (Å²) in [7, 11) is -2.02. The number of piperazine rings is 1. The fourth-order valence-corrected chi connectivity index (χ4v) is 5.47. The highest BCUT2D eigenvalue weighted by molar-refractivity contribution is 7.89. The second-order valence-electron chi connectivity index (χ2n) is 8.79. The zero-order valence-corrected chi connectivity index (χ0v) is 22.3. The molecule has 0 amide bonds. The summed E-state index contributed by atoms with van der Waals surface area (Å²) in [6.07, 6.45) is 1.52. The molecule has 0 saturated carbocycles. The lowest BCUT2D eigenvalue weighted by Crippen LogP contribution is -2.50. The molecule has 2 aromatic carbocycles.